The molecule has 0 amide bonds. The highest BCUT2D eigenvalue weighted by Crippen LogP contribution is 2.24. The summed E-state index contributed by atoms with van der Waals surface area (Å²) in [5.41, 5.74) is 3.25. The standard InChI is InChI=1S/C17H22F2N4.ClH/c1-2-13-3-5-14(6-4-13)16-11-20-8-10-22(16)12-15-7-9-23(21-15)17(18)19;/h3-7,9,16-17,20H,2,8,10-12H2,1H3;1H. The van der Waals surface area contributed by atoms with E-state index in [4.69, 9.17) is 0 Å². The second kappa shape index (κ2) is 8.55. The fraction of sp³-hybridized carbons (Fsp3) is 0.471. The van der Waals surface area contributed by atoms with Gasteiger partial charge in [0, 0.05) is 38.4 Å². The largest absolute Gasteiger partial charge is 0.333 e. The van der Waals surface area contributed by atoms with E-state index in [1.54, 1.807) is 6.07 Å². The molecular weight excluding hydrogens is 334 g/mol. The average Bonchev–Trinajstić information content (AvgIpc) is 3.04. The Labute approximate surface area is 147 Å². The van der Waals surface area contributed by atoms with Crippen LogP contribution in [0.5, 0.6) is 0 Å². The predicted octanol–water partition coefficient (Wildman–Crippen LogP) is 3.41. The Morgan fingerprint density at radius 2 is 2.00 bits per heavy atom. The minimum atomic E-state index is -2.58. The van der Waals surface area contributed by atoms with E-state index in [0.717, 1.165) is 26.1 Å². The van der Waals surface area contributed by atoms with Gasteiger partial charge in [0.15, 0.2) is 0 Å². The molecule has 7 heteroatoms. The molecule has 0 saturated carbocycles. The van der Waals surface area contributed by atoms with E-state index in [2.05, 4.69) is 46.5 Å². The van der Waals surface area contributed by atoms with Gasteiger partial charge in [0.1, 0.15) is 0 Å². The number of halogens is 3. The first-order valence-electron chi connectivity index (χ1n) is 8.03. The molecule has 0 radical (unpaired) electrons. The third-order valence-electron chi connectivity index (χ3n) is 4.36. The monoisotopic (exact) mass is 356 g/mol. The second-order valence-corrected chi connectivity index (χ2v) is 5.85. The zero-order valence-corrected chi connectivity index (χ0v) is 14.5. The lowest BCUT2D eigenvalue weighted by Gasteiger charge is -2.36. The van der Waals surface area contributed by atoms with Crippen molar-refractivity contribution in [3.63, 3.8) is 0 Å². The first-order valence-corrected chi connectivity index (χ1v) is 8.03. The van der Waals surface area contributed by atoms with Crippen LogP contribution in [0.4, 0.5) is 8.78 Å². The van der Waals surface area contributed by atoms with Crippen LogP contribution >= 0.6 is 12.4 Å². The molecule has 2 heterocycles. The van der Waals surface area contributed by atoms with Crippen LogP contribution in [-0.4, -0.2) is 34.3 Å². The van der Waals surface area contributed by atoms with Crippen molar-refractivity contribution in [2.75, 3.05) is 19.6 Å². The normalized spacial score (nSPS) is 18.6. The van der Waals surface area contributed by atoms with Crippen molar-refractivity contribution in [1.82, 2.24) is 20.0 Å². The summed E-state index contributed by atoms with van der Waals surface area (Å²) in [6, 6.07) is 10.6. The van der Waals surface area contributed by atoms with Crippen LogP contribution < -0.4 is 5.32 Å². The second-order valence-electron chi connectivity index (χ2n) is 5.85. The molecule has 3 rings (SSSR count). The maximum atomic E-state index is 12.6. The number of alkyl halides is 2. The van der Waals surface area contributed by atoms with Gasteiger partial charge in [-0.25, -0.2) is 4.68 Å². The van der Waals surface area contributed by atoms with Crippen LogP contribution in [0.1, 0.15) is 36.3 Å². The van der Waals surface area contributed by atoms with E-state index in [1.165, 1.54) is 17.3 Å². The van der Waals surface area contributed by atoms with Crippen molar-refractivity contribution in [2.45, 2.75) is 32.5 Å². The third-order valence-corrected chi connectivity index (χ3v) is 4.36. The van der Waals surface area contributed by atoms with Gasteiger partial charge in [0.25, 0.3) is 0 Å². The van der Waals surface area contributed by atoms with Gasteiger partial charge in [-0.1, -0.05) is 31.2 Å². The number of rotatable bonds is 5. The molecule has 0 spiro atoms. The molecule has 0 bridgehead atoms. The van der Waals surface area contributed by atoms with Crippen molar-refractivity contribution in [3.05, 3.63) is 53.3 Å². The number of hydrogen-bond donors (Lipinski definition) is 1. The molecule has 1 N–H and O–H groups in total. The summed E-state index contributed by atoms with van der Waals surface area (Å²) < 4.78 is 26.0. The zero-order valence-electron chi connectivity index (χ0n) is 13.7. The quantitative estimate of drug-likeness (QED) is 0.891. The third kappa shape index (κ3) is 4.32. The number of nitrogens with zero attached hydrogens (tertiary/aromatic N) is 3. The Balaban J connectivity index is 0.00000208. The highest BCUT2D eigenvalue weighted by atomic mass is 35.5. The fourth-order valence-electron chi connectivity index (χ4n) is 3.02. The summed E-state index contributed by atoms with van der Waals surface area (Å²) in [6.07, 6.45) is 2.37. The first kappa shape index (κ1) is 18.8. The lowest BCUT2D eigenvalue weighted by atomic mass is 10.0. The predicted molar refractivity (Wildman–Crippen MR) is 92.6 cm³/mol. The van der Waals surface area contributed by atoms with Gasteiger partial charge >= 0.3 is 6.55 Å². The van der Waals surface area contributed by atoms with Gasteiger partial charge in [-0.15, -0.1) is 12.4 Å². The molecule has 4 nitrogen and oxygen atoms in total. The summed E-state index contributed by atoms with van der Waals surface area (Å²) in [5, 5.41) is 7.38. The Morgan fingerprint density at radius 3 is 2.62 bits per heavy atom. The average molecular weight is 357 g/mol. The Kier molecular flexibility index (Phi) is 6.71. The summed E-state index contributed by atoms with van der Waals surface area (Å²) in [6.45, 7) is 2.79. The Hall–Kier alpha value is -1.50. The van der Waals surface area contributed by atoms with Gasteiger partial charge in [-0.05, 0) is 23.6 Å². The molecule has 1 aliphatic heterocycles. The topological polar surface area (TPSA) is 33.1 Å². The van der Waals surface area contributed by atoms with Crippen LogP contribution in [-0.2, 0) is 13.0 Å². The smallest absolute Gasteiger partial charge is 0.314 e. The molecule has 2 aromatic rings. The first-order chi connectivity index (χ1) is 11.2. The number of hydrogen-bond acceptors (Lipinski definition) is 3. The van der Waals surface area contributed by atoms with Gasteiger partial charge in [-0.3, -0.25) is 4.90 Å². The molecular formula is C17H23ClF2N4. The molecule has 132 valence electrons. The summed E-state index contributed by atoms with van der Waals surface area (Å²) in [4.78, 5) is 2.30. The molecule has 1 unspecified atom stereocenters. The number of aryl methyl sites for hydroxylation is 1. The number of aromatic nitrogens is 2. The van der Waals surface area contributed by atoms with Crippen LogP contribution in [0.2, 0.25) is 0 Å². The fourth-order valence-corrected chi connectivity index (χ4v) is 3.02. The van der Waals surface area contributed by atoms with Gasteiger partial charge < -0.3 is 5.32 Å². The summed E-state index contributed by atoms with van der Waals surface area (Å²) >= 11 is 0. The lowest BCUT2D eigenvalue weighted by Crippen LogP contribution is -2.45. The molecule has 1 aromatic heterocycles. The van der Waals surface area contributed by atoms with Crippen LogP contribution in [0, 0.1) is 0 Å². The molecule has 1 saturated heterocycles. The van der Waals surface area contributed by atoms with Gasteiger partial charge in [0.2, 0.25) is 0 Å². The highest BCUT2D eigenvalue weighted by Gasteiger charge is 2.24. The molecule has 24 heavy (non-hydrogen) atoms. The maximum absolute atomic E-state index is 12.6. The van der Waals surface area contributed by atoms with Gasteiger partial charge in [-0.2, -0.15) is 13.9 Å². The van der Waals surface area contributed by atoms with E-state index >= 15 is 0 Å². The minimum absolute atomic E-state index is 0. The maximum Gasteiger partial charge on any atom is 0.333 e. The highest BCUT2D eigenvalue weighted by molar-refractivity contribution is 5.85. The van der Waals surface area contributed by atoms with E-state index in [0.29, 0.717) is 16.9 Å². The zero-order chi connectivity index (χ0) is 16.2. The van der Waals surface area contributed by atoms with Crippen molar-refractivity contribution in [2.24, 2.45) is 0 Å². The van der Waals surface area contributed by atoms with Crippen LogP contribution in [0.3, 0.4) is 0 Å². The summed E-state index contributed by atoms with van der Waals surface area (Å²) in [7, 11) is 0. The number of nitrogens with one attached hydrogen (secondary N) is 1. The van der Waals surface area contributed by atoms with E-state index < -0.39 is 6.55 Å². The molecule has 1 aromatic carbocycles. The SMILES string of the molecule is CCc1ccc(C2CNCCN2Cc2ccn(C(F)F)n2)cc1.Cl. The van der Waals surface area contributed by atoms with Gasteiger partial charge in [0.05, 0.1) is 5.69 Å². The number of piperazine rings is 1. The molecule has 1 aliphatic rings. The molecule has 0 aliphatic carbocycles. The van der Waals surface area contributed by atoms with E-state index in [9.17, 15) is 8.78 Å². The van der Waals surface area contributed by atoms with Crippen LogP contribution in [0.25, 0.3) is 0 Å². The van der Waals surface area contributed by atoms with E-state index in [-0.39, 0.29) is 18.4 Å². The Bertz CT molecular complexity index is 630. The summed E-state index contributed by atoms with van der Waals surface area (Å²) in [5.74, 6) is 0. The van der Waals surface area contributed by atoms with E-state index in [1.807, 2.05) is 0 Å². The van der Waals surface area contributed by atoms with Crippen molar-refractivity contribution < 1.29 is 8.78 Å². The van der Waals surface area contributed by atoms with Crippen molar-refractivity contribution in [1.29, 1.82) is 0 Å². The van der Waals surface area contributed by atoms with Crippen LogP contribution in [0.15, 0.2) is 36.5 Å². The molecule has 1 atom stereocenters. The number of benzene rings is 1. The molecule has 1 fully saturated rings. The Morgan fingerprint density at radius 1 is 1.25 bits per heavy atom. The van der Waals surface area contributed by atoms with Crippen molar-refractivity contribution in [3.8, 4) is 0 Å². The van der Waals surface area contributed by atoms with Crippen molar-refractivity contribution >= 4 is 12.4 Å². The lowest BCUT2D eigenvalue weighted by molar-refractivity contribution is 0.0554. The minimum Gasteiger partial charge on any atom is -0.314 e.